The van der Waals surface area contributed by atoms with Gasteiger partial charge in [-0.25, -0.2) is 0 Å². The van der Waals surface area contributed by atoms with Crippen LogP contribution in [0.4, 0.5) is 0 Å². The number of carbonyl (C=O) groups excluding carboxylic acids is 1. The van der Waals surface area contributed by atoms with Gasteiger partial charge in [-0.2, -0.15) is 0 Å². The van der Waals surface area contributed by atoms with Crippen molar-refractivity contribution in [1.82, 2.24) is 9.80 Å². The summed E-state index contributed by atoms with van der Waals surface area (Å²) >= 11 is 0. The third-order valence-corrected chi connectivity index (χ3v) is 6.10. The lowest BCUT2D eigenvalue weighted by Crippen LogP contribution is -2.45. The molecule has 1 aromatic rings. The minimum absolute atomic E-state index is 0.0968. The van der Waals surface area contributed by atoms with Crippen LogP contribution in [0.3, 0.4) is 0 Å². The Labute approximate surface area is 143 Å². The molecule has 0 aromatic carbocycles. The van der Waals surface area contributed by atoms with Crippen molar-refractivity contribution in [3.05, 3.63) is 23.7 Å². The van der Waals surface area contributed by atoms with Gasteiger partial charge in [-0.05, 0) is 44.7 Å². The van der Waals surface area contributed by atoms with Crippen LogP contribution in [0.2, 0.25) is 0 Å². The van der Waals surface area contributed by atoms with E-state index in [1.165, 1.54) is 0 Å². The summed E-state index contributed by atoms with van der Waals surface area (Å²) in [5.74, 6) is 2.46. The molecule has 1 atom stereocenters. The van der Waals surface area contributed by atoms with Gasteiger partial charge in [-0.1, -0.05) is 0 Å². The number of carbonyl (C=O) groups is 1. The van der Waals surface area contributed by atoms with E-state index in [4.69, 9.17) is 9.15 Å². The molecule has 0 unspecified atom stereocenters. The molecule has 3 aliphatic heterocycles. The van der Waals surface area contributed by atoms with E-state index in [9.17, 15) is 4.79 Å². The van der Waals surface area contributed by atoms with E-state index in [2.05, 4.69) is 15.9 Å². The molecule has 0 saturated carbocycles. The molecule has 5 nitrogen and oxygen atoms in total. The van der Waals surface area contributed by atoms with E-state index in [0.717, 1.165) is 83.1 Å². The Bertz CT molecular complexity index is 585. The molecular weight excluding hydrogens is 304 g/mol. The van der Waals surface area contributed by atoms with Crippen molar-refractivity contribution in [3.63, 3.8) is 0 Å². The summed E-state index contributed by atoms with van der Waals surface area (Å²) in [6.07, 6.45) is 4.32. The van der Waals surface area contributed by atoms with Crippen molar-refractivity contribution in [3.8, 4) is 0 Å². The number of aryl methyl sites for hydroxylation is 1. The predicted molar refractivity (Wildman–Crippen MR) is 90.5 cm³/mol. The lowest BCUT2D eigenvalue weighted by atomic mass is 9.71. The maximum absolute atomic E-state index is 13.2. The first-order valence-electron chi connectivity index (χ1n) is 9.30. The van der Waals surface area contributed by atoms with Gasteiger partial charge in [0.15, 0.2) is 0 Å². The first-order valence-corrected chi connectivity index (χ1v) is 9.30. The summed E-state index contributed by atoms with van der Waals surface area (Å²) in [4.78, 5) is 17.7. The van der Waals surface area contributed by atoms with Crippen molar-refractivity contribution in [2.75, 3.05) is 39.4 Å². The molecular formula is C19H28N2O3. The van der Waals surface area contributed by atoms with Crippen LogP contribution in [0, 0.1) is 18.3 Å². The van der Waals surface area contributed by atoms with Crippen LogP contribution in [0.5, 0.6) is 0 Å². The van der Waals surface area contributed by atoms with Gasteiger partial charge in [0, 0.05) is 44.8 Å². The molecule has 0 radical (unpaired) electrons. The van der Waals surface area contributed by atoms with Crippen molar-refractivity contribution in [1.29, 1.82) is 0 Å². The molecule has 132 valence electrons. The van der Waals surface area contributed by atoms with E-state index in [1.54, 1.807) is 0 Å². The number of ether oxygens (including phenoxy) is 1. The maximum Gasteiger partial charge on any atom is 0.227 e. The van der Waals surface area contributed by atoms with E-state index >= 15 is 0 Å². The third-order valence-electron chi connectivity index (χ3n) is 6.10. The number of hydrogen-bond donors (Lipinski definition) is 0. The quantitative estimate of drug-likeness (QED) is 0.853. The zero-order valence-electron chi connectivity index (χ0n) is 14.6. The minimum Gasteiger partial charge on any atom is -0.465 e. The van der Waals surface area contributed by atoms with Crippen LogP contribution >= 0.6 is 0 Å². The second kappa shape index (κ2) is 6.52. The highest BCUT2D eigenvalue weighted by atomic mass is 16.5. The lowest BCUT2D eigenvalue weighted by molar-refractivity contribution is -0.139. The number of amides is 1. The maximum atomic E-state index is 13.2. The van der Waals surface area contributed by atoms with Gasteiger partial charge in [0.05, 0.1) is 12.5 Å². The molecule has 0 bridgehead atoms. The van der Waals surface area contributed by atoms with E-state index in [1.807, 2.05) is 13.0 Å². The van der Waals surface area contributed by atoms with Crippen molar-refractivity contribution >= 4 is 5.91 Å². The van der Waals surface area contributed by atoms with Crippen LogP contribution in [-0.2, 0) is 16.1 Å². The van der Waals surface area contributed by atoms with Gasteiger partial charge in [0.25, 0.3) is 0 Å². The molecule has 5 heteroatoms. The Balaban J connectivity index is 1.52. The van der Waals surface area contributed by atoms with Gasteiger partial charge in [-0.3, -0.25) is 9.69 Å². The Morgan fingerprint density at radius 3 is 2.67 bits per heavy atom. The number of hydrogen-bond acceptors (Lipinski definition) is 4. The Kier molecular flexibility index (Phi) is 4.39. The van der Waals surface area contributed by atoms with Crippen LogP contribution in [0.1, 0.15) is 37.2 Å². The third kappa shape index (κ3) is 3.00. The van der Waals surface area contributed by atoms with Gasteiger partial charge < -0.3 is 14.1 Å². The van der Waals surface area contributed by atoms with E-state index in [0.29, 0.717) is 5.91 Å². The van der Waals surface area contributed by atoms with Crippen molar-refractivity contribution in [2.45, 2.75) is 39.2 Å². The van der Waals surface area contributed by atoms with Gasteiger partial charge in [0.1, 0.15) is 11.5 Å². The topological polar surface area (TPSA) is 45.9 Å². The molecule has 3 aliphatic rings. The average molecular weight is 332 g/mol. The Morgan fingerprint density at radius 2 is 2.00 bits per heavy atom. The largest absolute Gasteiger partial charge is 0.465 e. The average Bonchev–Trinajstić information content (AvgIpc) is 3.30. The SMILES string of the molecule is Cc1ccc(CN2C[C@@H](C(=O)N3CCCC3)C3(CCOCC3)C2)o1. The predicted octanol–water partition coefficient (Wildman–Crippen LogP) is 2.44. The fraction of sp³-hybridized carbons (Fsp3) is 0.737. The Morgan fingerprint density at radius 1 is 1.25 bits per heavy atom. The molecule has 4 rings (SSSR count). The standard InChI is InChI=1S/C19H28N2O3/c1-15-4-5-16(24-15)12-20-13-17(18(22)21-8-2-3-9-21)19(14-20)6-10-23-11-7-19/h4-5,17H,2-3,6-14H2,1H3/t17-/m0/s1. The van der Waals surface area contributed by atoms with Crippen molar-refractivity contribution < 1.29 is 13.9 Å². The minimum atomic E-state index is 0.0968. The normalized spacial score (nSPS) is 27.2. The molecule has 24 heavy (non-hydrogen) atoms. The fourth-order valence-electron chi connectivity index (χ4n) is 4.77. The zero-order valence-corrected chi connectivity index (χ0v) is 14.6. The highest BCUT2D eigenvalue weighted by molar-refractivity contribution is 5.80. The van der Waals surface area contributed by atoms with Crippen molar-refractivity contribution in [2.24, 2.45) is 11.3 Å². The number of likely N-dealkylation sites (tertiary alicyclic amines) is 2. The molecule has 0 aliphatic carbocycles. The van der Waals surface area contributed by atoms with Crippen LogP contribution in [-0.4, -0.2) is 55.1 Å². The zero-order chi connectivity index (χ0) is 16.6. The molecule has 3 fully saturated rings. The van der Waals surface area contributed by atoms with Crippen LogP contribution < -0.4 is 0 Å². The summed E-state index contributed by atoms with van der Waals surface area (Å²) in [6.45, 7) is 8.09. The molecule has 1 aromatic heterocycles. The fourth-order valence-corrected chi connectivity index (χ4v) is 4.77. The monoisotopic (exact) mass is 332 g/mol. The van der Waals surface area contributed by atoms with Gasteiger partial charge in [-0.15, -0.1) is 0 Å². The summed E-state index contributed by atoms with van der Waals surface area (Å²) < 4.78 is 11.4. The molecule has 0 N–H and O–H groups in total. The first-order chi connectivity index (χ1) is 11.7. The summed E-state index contributed by atoms with van der Waals surface area (Å²) in [7, 11) is 0. The molecule has 3 saturated heterocycles. The van der Waals surface area contributed by atoms with Crippen LogP contribution in [0.25, 0.3) is 0 Å². The van der Waals surface area contributed by atoms with Gasteiger partial charge >= 0.3 is 0 Å². The number of nitrogens with zero attached hydrogens (tertiary/aromatic N) is 2. The highest BCUT2D eigenvalue weighted by Crippen LogP contribution is 2.45. The highest BCUT2D eigenvalue weighted by Gasteiger charge is 2.51. The summed E-state index contributed by atoms with van der Waals surface area (Å²) in [5.41, 5.74) is 0.0968. The smallest absolute Gasteiger partial charge is 0.227 e. The molecule has 1 spiro atoms. The van der Waals surface area contributed by atoms with Crippen LogP contribution in [0.15, 0.2) is 16.5 Å². The molecule has 1 amide bonds. The van der Waals surface area contributed by atoms with Gasteiger partial charge in [0.2, 0.25) is 5.91 Å². The van der Waals surface area contributed by atoms with E-state index in [-0.39, 0.29) is 11.3 Å². The summed E-state index contributed by atoms with van der Waals surface area (Å²) in [6, 6.07) is 4.07. The second-order valence-electron chi connectivity index (χ2n) is 7.74. The second-order valence-corrected chi connectivity index (χ2v) is 7.74. The summed E-state index contributed by atoms with van der Waals surface area (Å²) in [5, 5.41) is 0. The first kappa shape index (κ1) is 16.2. The lowest BCUT2D eigenvalue weighted by Gasteiger charge is -2.38. The number of rotatable bonds is 3. The number of furan rings is 1. The Hall–Kier alpha value is -1.33. The van der Waals surface area contributed by atoms with E-state index < -0.39 is 0 Å². The molecule has 4 heterocycles.